The van der Waals surface area contributed by atoms with E-state index in [4.69, 9.17) is 15.2 Å². The third-order valence-electron chi connectivity index (χ3n) is 5.28. The zero-order valence-electron chi connectivity index (χ0n) is 19.7. The van der Waals surface area contributed by atoms with Gasteiger partial charge in [-0.3, -0.25) is 14.4 Å². The van der Waals surface area contributed by atoms with Crippen LogP contribution in [0.15, 0.2) is 78.4 Å². The number of ether oxygens (including phenoxy) is 2. The van der Waals surface area contributed by atoms with E-state index < -0.39 is 23.8 Å². The number of rotatable bonds is 8. The van der Waals surface area contributed by atoms with Crippen molar-refractivity contribution in [3.05, 3.63) is 87.5 Å². The summed E-state index contributed by atoms with van der Waals surface area (Å²) in [6.45, 7) is 1.75. The molecule has 0 spiro atoms. The molecule has 3 aromatic rings. The normalized spacial score (nSPS) is 13.6. The Morgan fingerprint density at radius 1 is 0.892 bits per heavy atom. The molecule has 1 saturated heterocycles. The summed E-state index contributed by atoms with van der Waals surface area (Å²) in [5, 5.41) is 0. The number of hydrogen-bond donors (Lipinski definition) is 1. The van der Waals surface area contributed by atoms with Gasteiger partial charge < -0.3 is 15.2 Å². The van der Waals surface area contributed by atoms with Crippen LogP contribution in [0.1, 0.15) is 12.5 Å². The minimum absolute atomic E-state index is 0.212. The lowest BCUT2D eigenvalue weighted by atomic mass is 10.0. The van der Waals surface area contributed by atoms with Crippen molar-refractivity contribution >= 4 is 63.8 Å². The first-order valence-corrected chi connectivity index (χ1v) is 12.3. The minimum Gasteiger partial charge on any atom is -0.490 e. The Labute approximate surface area is 226 Å². The molecule has 0 aliphatic carbocycles. The van der Waals surface area contributed by atoms with Crippen molar-refractivity contribution in [2.24, 2.45) is 5.73 Å². The molecule has 37 heavy (non-hydrogen) atoms. The van der Waals surface area contributed by atoms with Gasteiger partial charge >= 0.3 is 6.03 Å². The number of carbonyl (C=O) groups excluding carboxylic acids is 4. The molecular formula is C27H22IN3O6. The average molecular weight is 611 g/mol. The number of anilines is 2. The zero-order chi connectivity index (χ0) is 26.5. The van der Waals surface area contributed by atoms with Crippen LogP contribution in [0.3, 0.4) is 0 Å². The Morgan fingerprint density at radius 3 is 1.92 bits per heavy atom. The highest BCUT2D eigenvalue weighted by Gasteiger charge is 2.43. The Hall–Kier alpha value is -4.19. The van der Waals surface area contributed by atoms with Crippen molar-refractivity contribution in [2.75, 3.05) is 23.0 Å². The number of halogens is 1. The molecule has 0 radical (unpaired) electrons. The summed E-state index contributed by atoms with van der Waals surface area (Å²) in [7, 11) is 0. The van der Waals surface area contributed by atoms with E-state index in [-0.39, 0.29) is 12.2 Å². The van der Waals surface area contributed by atoms with E-state index in [9.17, 15) is 19.2 Å². The summed E-state index contributed by atoms with van der Waals surface area (Å²) in [6.07, 6.45) is 1.41. The second-order valence-electron chi connectivity index (χ2n) is 7.81. The highest BCUT2D eigenvalue weighted by atomic mass is 127. The van der Waals surface area contributed by atoms with Crippen LogP contribution in [0.5, 0.6) is 11.5 Å². The average Bonchev–Trinajstić information content (AvgIpc) is 2.87. The molecule has 2 N–H and O–H groups in total. The monoisotopic (exact) mass is 611 g/mol. The van der Waals surface area contributed by atoms with Crippen molar-refractivity contribution in [1.29, 1.82) is 0 Å². The predicted octanol–water partition coefficient (Wildman–Crippen LogP) is 4.14. The molecule has 9 nitrogen and oxygen atoms in total. The van der Waals surface area contributed by atoms with Gasteiger partial charge in [-0.2, -0.15) is 0 Å². The van der Waals surface area contributed by atoms with Crippen LogP contribution in [0, 0.1) is 3.57 Å². The van der Waals surface area contributed by atoms with Gasteiger partial charge in [-0.1, -0.05) is 36.4 Å². The second kappa shape index (κ2) is 11.2. The smallest absolute Gasteiger partial charge is 0.343 e. The molecule has 0 aromatic heterocycles. The van der Waals surface area contributed by atoms with Gasteiger partial charge in [0.2, 0.25) is 0 Å². The van der Waals surface area contributed by atoms with Crippen molar-refractivity contribution < 1.29 is 28.7 Å². The minimum atomic E-state index is -0.774. The molecule has 0 atom stereocenters. The van der Waals surface area contributed by atoms with Crippen molar-refractivity contribution in [2.45, 2.75) is 6.92 Å². The number of hydrogen-bond acceptors (Lipinski definition) is 6. The molecule has 0 bridgehead atoms. The number of imide groups is 2. The number of carbonyl (C=O) groups is 4. The van der Waals surface area contributed by atoms with Gasteiger partial charge in [-0.25, -0.2) is 14.6 Å². The molecular weight excluding hydrogens is 589 g/mol. The first kappa shape index (κ1) is 25.9. The summed E-state index contributed by atoms with van der Waals surface area (Å²) < 4.78 is 11.8. The van der Waals surface area contributed by atoms with Crippen LogP contribution >= 0.6 is 22.6 Å². The number of amides is 5. The first-order valence-electron chi connectivity index (χ1n) is 11.2. The molecule has 1 heterocycles. The first-order chi connectivity index (χ1) is 17.8. The number of primary amides is 1. The largest absolute Gasteiger partial charge is 0.490 e. The van der Waals surface area contributed by atoms with Gasteiger partial charge in [0, 0.05) is 0 Å². The summed E-state index contributed by atoms with van der Waals surface area (Å²) in [4.78, 5) is 53.7. The van der Waals surface area contributed by atoms with E-state index in [0.717, 1.165) is 9.80 Å². The van der Waals surface area contributed by atoms with Crippen molar-refractivity contribution in [3.63, 3.8) is 0 Å². The van der Waals surface area contributed by atoms with E-state index >= 15 is 0 Å². The molecule has 5 amide bonds. The molecule has 188 valence electrons. The lowest BCUT2D eigenvalue weighted by molar-refractivity contribution is -0.121. The lowest BCUT2D eigenvalue weighted by Crippen LogP contribution is -2.57. The predicted molar refractivity (Wildman–Crippen MR) is 146 cm³/mol. The van der Waals surface area contributed by atoms with E-state index in [1.807, 2.05) is 22.6 Å². The molecule has 10 heteroatoms. The van der Waals surface area contributed by atoms with E-state index in [0.29, 0.717) is 38.6 Å². The third-order valence-corrected chi connectivity index (χ3v) is 6.08. The molecule has 0 saturated carbocycles. The lowest BCUT2D eigenvalue weighted by Gasteiger charge is -2.34. The zero-order valence-corrected chi connectivity index (χ0v) is 21.9. The fraction of sp³-hybridized carbons (Fsp3) is 0.111. The maximum atomic E-state index is 13.5. The Morgan fingerprint density at radius 2 is 1.43 bits per heavy atom. The number of barbiturate groups is 1. The highest BCUT2D eigenvalue weighted by molar-refractivity contribution is 14.1. The summed E-state index contributed by atoms with van der Waals surface area (Å²) in [6, 6.07) is 19.3. The third kappa shape index (κ3) is 5.48. The number of benzene rings is 3. The number of para-hydroxylation sites is 2. The molecule has 0 unspecified atom stereocenters. The maximum Gasteiger partial charge on any atom is 0.343 e. The highest BCUT2D eigenvalue weighted by Crippen LogP contribution is 2.36. The number of nitrogens with zero attached hydrogens (tertiary/aromatic N) is 2. The molecule has 4 rings (SSSR count). The summed E-state index contributed by atoms with van der Waals surface area (Å²) in [5.74, 6) is -1.52. The van der Waals surface area contributed by atoms with E-state index in [2.05, 4.69) is 0 Å². The molecule has 1 aliphatic rings. The van der Waals surface area contributed by atoms with Gasteiger partial charge in [-0.05, 0) is 77.6 Å². The Kier molecular flexibility index (Phi) is 7.87. The summed E-state index contributed by atoms with van der Waals surface area (Å²) in [5.41, 5.74) is 6.12. The fourth-order valence-electron chi connectivity index (χ4n) is 3.72. The fourth-order valence-corrected chi connectivity index (χ4v) is 4.50. The topological polar surface area (TPSA) is 119 Å². The van der Waals surface area contributed by atoms with Gasteiger partial charge in [0.25, 0.3) is 17.7 Å². The SMILES string of the molecule is CCOc1cc(C=C2C(=O)N(c3ccccc3)C(=O)N(c3ccccc3)C2=O)cc(I)c1OCC(N)=O. The standard InChI is InChI=1S/C27H22IN3O6/c1-2-36-22-15-17(14-21(28)24(22)37-16-23(29)32)13-20-25(33)30(18-9-5-3-6-10-18)27(35)31(26(20)34)19-11-7-4-8-12-19/h3-15H,2,16H2,1H3,(H2,29,32). The van der Waals surface area contributed by atoms with E-state index in [1.165, 1.54) is 6.08 Å². The second-order valence-corrected chi connectivity index (χ2v) is 8.97. The van der Waals surface area contributed by atoms with Crippen LogP contribution in [0.25, 0.3) is 6.08 Å². The van der Waals surface area contributed by atoms with Crippen molar-refractivity contribution in [1.82, 2.24) is 0 Å². The molecule has 3 aromatic carbocycles. The van der Waals surface area contributed by atoms with Crippen LogP contribution in [-0.4, -0.2) is 37.0 Å². The van der Waals surface area contributed by atoms with Crippen molar-refractivity contribution in [3.8, 4) is 11.5 Å². The molecule has 1 fully saturated rings. The van der Waals surface area contributed by atoms with Gasteiger partial charge in [-0.15, -0.1) is 0 Å². The van der Waals surface area contributed by atoms with Gasteiger partial charge in [0.15, 0.2) is 18.1 Å². The van der Waals surface area contributed by atoms with Crippen LogP contribution in [0.2, 0.25) is 0 Å². The van der Waals surface area contributed by atoms with Crippen LogP contribution < -0.4 is 25.0 Å². The number of nitrogens with two attached hydrogens (primary N) is 1. The molecule has 1 aliphatic heterocycles. The Bertz CT molecular complexity index is 1330. The van der Waals surface area contributed by atoms with E-state index in [1.54, 1.807) is 79.7 Å². The van der Waals surface area contributed by atoms with Crippen LogP contribution in [-0.2, 0) is 14.4 Å². The van der Waals surface area contributed by atoms with Gasteiger partial charge in [0.05, 0.1) is 21.6 Å². The summed E-state index contributed by atoms with van der Waals surface area (Å²) >= 11 is 2.00. The van der Waals surface area contributed by atoms with Crippen LogP contribution in [0.4, 0.5) is 16.2 Å². The Balaban J connectivity index is 1.83. The van der Waals surface area contributed by atoms with Gasteiger partial charge in [0.1, 0.15) is 5.57 Å². The maximum absolute atomic E-state index is 13.5. The quantitative estimate of drug-likeness (QED) is 0.233. The number of urea groups is 1.